The van der Waals surface area contributed by atoms with Crippen molar-refractivity contribution in [1.82, 2.24) is 4.57 Å². The fourth-order valence-corrected chi connectivity index (χ4v) is 3.19. The van der Waals surface area contributed by atoms with Crippen molar-refractivity contribution in [1.29, 1.82) is 0 Å². The van der Waals surface area contributed by atoms with Gasteiger partial charge < -0.3 is 10.3 Å². The van der Waals surface area contributed by atoms with E-state index in [4.69, 9.17) is 28.9 Å². The second-order valence-electron chi connectivity index (χ2n) is 5.15. The normalized spacial score (nSPS) is 18.4. The number of hydrogen-bond donors (Lipinski definition) is 1. The summed E-state index contributed by atoms with van der Waals surface area (Å²) in [6.45, 7) is 0.760. The van der Waals surface area contributed by atoms with Gasteiger partial charge in [0.15, 0.2) is 0 Å². The Morgan fingerprint density at radius 2 is 2.11 bits per heavy atom. The Morgan fingerprint density at radius 1 is 1.26 bits per heavy atom. The first-order valence-electron chi connectivity index (χ1n) is 6.51. The predicted molar refractivity (Wildman–Crippen MR) is 79.9 cm³/mol. The molecule has 1 atom stereocenters. The number of benzene rings is 1. The average Bonchev–Trinajstić information content (AvgIpc) is 2.77. The molecule has 0 amide bonds. The summed E-state index contributed by atoms with van der Waals surface area (Å²) in [5, 5.41) is 1.38. The monoisotopic (exact) mass is 294 g/mol. The van der Waals surface area contributed by atoms with Crippen molar-refractivity contribution in [2.45, 2.75) is 31.8 Å². The third-order valence-corrected chi connectivity index (χ3v) is 4.31. The molecule has 2 N–H and O–H groups in total. The lowest BCUT2D eigenvalue weighted by Crippen LogP contribution is -2.15. The fraction of sp³-hybridized carbons (Fsp3) is 0.333. The summed E-state index contributed by atoms with van der Waals surface area (Å²) in [5.74, 6) is 0. The van der Waals surface area contributed by atoms with Crippen molar-refractivity contribution in [2.24, 2.45) is 5.73 Å². The smallest absolute Gasteiger partial charge is 0.0485 e. The third-order valence-electron chi connectivity index (χ3n) is 3.73. The van der Waals surface area contributed by atoms with E-state index >= 15 is 0 Å². The van der Waals surface area contributed by atoms with E-state index in [0.717, 1.165) is 24.9 Å². The average molecular weight is 295 g/mol. The van der Waals surface area contributed by atoms with E-state index in [2.05, 4.69) is 17.0 Å². The molecule has 0 bridgehead atoms. The second kappa shape index (κ2) is 5.20. The zero-order chi connectivity index (χ0) is 13.4. The van der Waals surface area contributed by atoms with Crippen LogP contribution in [-0.4, -0.2) is 4.57 Å². The van der Waals surface area contributed by atoms with Crippen LogP contribution in [0, 0.1) is 0 Å². The van der Waals surface area contributed by atoms with E-state index in [1.165, 1.54) is 17.5 Å². The number of aryl methyl sites for hydroxylation is 1. The molecule has 1 aromatic carbocycles. The zero-order valence-corrected chi connectivity index (χ0v) is 12.1. The molecular weight excluding hydrogens is 279 g/mol. The molecule has 19 heavy (non-hydrogen) atoms. The highest BCUT2D eigenvalue weighted by Crippen LogP contribution is 2.29. The third kappa shape index (κ3) is 2.66. The summed E-state index contributed by atoms with van der Waals surface area (Å²) in [6.07, 6.45) is 7.74. The minimum absolute atomic E-state index is 0.186. The molecule has 2 aromatic rings. The molecule has 0 aliphatic heterocycles. The van der Waals surface area contributed by atoms with Crippen LogP contribution >= 0.6 is 23.2 Å². The Bertz CT molecular complexity index is 604. The molecule has 0 radical (unpaired) electrons. The first-order valence-corrected chi connectivity index (χ1v) is 7.27. The summed E-state index contributed by atoms with van der Waals surface area (Å²) in [5.41, 5.74) is 9.89. The summed E-state index contributed by atoms with van der Waals surface area (Å²) in [6, 6.07) is 5.82. The highest BCUT2D eigenvalue weighted by atomic mass is 35.5. The molecule has 0 saturated heterocycles. The van der Waals surface area contributed by atoms with Gasteiger partial charge in [0.2, 0.25) is 0 Å². The Hall–Kier alpha value is -0.960. The van der Waals surface area contributed by atoms with Crippen molar-refractivity contribution in [3.63, 3.8) is 0 Å². The summed E-state index contributed by atoms with van der Waals surface area (Å²) >= 11 is 12.1. The lowest BCUT2D eigenvalue weighted by atomic mass is 9.92. The number of fused-ring (bicyclic) bond motifs is 1. The van der Waals surface area contributed by atoms with Crippen LogP contribution in [0.1, 0.15) is 35.6 Å². The van der Waals surface area contributed by atoms with Crippen LogP contribution in [0.2, 0.25) is 10.0 Å². The van der Waals surface area contributed by atoms with Crippen LogP contribution in [0.15, 0.2) is 30.6 Å². The van der Waals surface area contributed by atoms with Crippen molar-refractivity contribution in [3.8, 4) is 0 Å². The number of nitrogens with zero attached hydrogens (tertiary/aromatic N) is 1. The molecule has 0 saturated carbocycles. The largest absolute Gasteiger partial charge is 0.349 e. The predicted octanol–water partition coefficient (Wildman–Crippen LogP) is 4.18. The molecule has 2 nitrogen and oxygen atoms in total. The summed E-state index contributed by atoms with van der Waals surface area (Å²) in [7, 11) is 0. The number of halogens is 2. The quantitative estimate of drug-likeness (QED) is 0.885. The highest BCUT2D eigenvalue weighted by Gasteiger charge is 2.18. The Balaban J connectivity index is 1.87. The molecule has 1 unspecified atom stereocenters. The molecule has 0 fully saturated rings. The van der Waals surface area contributed by atoms with Crippen molar-refractivity contribution < 1.29 is 0 Å². The van der Waals surface area contributed by atoms with Gasteiger partial charge in [-0.3, -0.25) is 0 Å². The van der Waals surface area contributed by atoms with Gasteiger partial charge in [0.1, 0.15) is 0 Å². The number of rotatable bonds is 2. The van der Waals surface area contributed by atoms with Crippen LogP contribution in [-0.2, 0) is 13.0 Å². The van der Waals surface area contributed by atoms with Crippen LogP contribution < -0.4 is 5.73 Å². The number of nitrogens with two attached hydrogens (primary N) is 1. The van der Waals surface area contributed by atoms with E-state index in [1.54, 1.807) is 6.07 Å². The molecule has 1 aromatic heterocycles. The van der Waals surface area contributed by atoms with Crippen LogP contribution in [0.25, 0.3) is 0 Å². The zero-order valence-electron chi connectivity index (χ0n) is 10.6. The van der Waals surface area contributed by atoms with Crippen molar-refractivity contribution in [3.05, 3.63) is 57.3 Å². The maximum Gasteiger partial charge on any atom is 0.0485 e. The van der Waals surface area contributed by atoms with Gasteiger partial charge in [-0.1, -0.05) is 29.3 Å². The summed E-state index contributed by atoms with van der Waals surface area (Å²) < 4.78 is 2.17. The standard InChI is InChI=1S/C15H16Cl2N2/c16-12-5-4-11(14(17)6-12)8-19-7-10-2-1-3-15(18)13(10)9-19/h4-7,9,15H,1-3,8,18H2. The van der Waals surface area contributed by atoms with Crippen LogP contribution in [0.5, 0.6) is 0 Å². The second-order valence-corrected chi connectivity index (χ2v) is 5.99. The molecule has 1 aliphatic rings. The molecule has 1 heterocycles. The van der Waals surface area contributed by atoms with Crippen LogP contribution in [0.4, 0.5) is 0 Å². The molecular formula is C15H16Cl2N2. The van der Waals surface area contributed by atoms with Gasteiger partial charge in [0.25, 0.3) is 0 Å². The fourth-order valence-electron chi connectivity index (χ4n) is 2.72. The minimum Gasteiger partial charge on any atom is -0.349 e. The molecule has 0 spiro atoms. The van der Waals surface area contributed by atoms with Crippen molar-refractivity contribution in [2.75, 3.05) is 0 Å². The van der Waals surface area contributed by atoms with Gasteiger partial charge in [0.05, 0.1) is 0 Å². The van der Waals surface area contributed by atoms with E-state index in [1.807, 2.05) is 12.1 Å². The summed E-state index contributed by atoms with van der Waals surface area (Å²) in [4.78, 5) is 0. The van der Waals surface area contributed by atoms with Gasteiger partial charge in [-0.15, -0.1) is 0 Å². The maximum absolute atomic E-state index is 6.21. The van der Waals surface area contributed by atoms with Gasteiger partial charge in [-0.05, 0) is 48.1 Å². The lowest BCUT2D eigenvalue weighted by molar-refractivity contribution is 0.573. The number of hydrogen-bond acceptors (Lipinski definition) is 1. The lowest BCUT2D eigenvalue weighted by Gasteiger charge is -2.17. The molecule has 1 aliphatic carbocycles. The van der Waals surface area contributed by atoms with E-state index in [9.17, 15) is 0 Å². The van der Waals surface area contributed by atoms with Crippen LogP contribution in [0.3, 0.4) is 0 Å². The van der Waals surface area contributed by atoms with Gasteiger partial charge in [0, 0.05) is 35.0 Å². The van der Waals surface area contributed by atoms with Gasteiger partial charge >= 0.3 is 0 Å². The molecule has 4 heteroatoms. The SMILES string of the molecule is NC1CCCc2cn(Cc3ccc(Cl)cc3Cl)cc21. The van der Waals surface area contributed by atoms with E-state index in [-0.39, 0.29) is 6.04 Å². The Kier molecular flexibility index (Phi) is 3.57. The van der Waals surface area contributed by atoms with E-state index in [0.29, 0.717) is 10.0 Å². The van der Waals surface area contributed by atoms with E-state index < -0.39 is 0 Å². The Labute approximate surface area is 123 Å². The maximum atomic E-state index is 6.21. The number of aromatic nitrogens is 1. The topological polar surface area (TPSA) is 30.9 Å². The Morgan fingerprint density at radius 3 is 2.84 bits per heavy atom. The minimum atomic E-state index is 0.186. The van der Waals surface area contributed by atoms with Gasteiger partial charge in [-0.2, -0.15) is 0 Å². The molecule has 100 valence electrons. The molecule has 3 rings (SSSR count). The first kappa shape index (κ1) is 13.0. The first-order chi connectivity index (χ1) is 9.13. The highest BCUT2D eigenvalue weighted by molar-refractivity contribution is 6.35. The van der Waals surface area contributed by atoms with Gasteiger partial charge in [-0.25, -0.2) is 0 Å². The van der Waals surface area contributed by atoms with Crippen molar-refractivity contribution >= 4 is 23.2 Å².